The average molecular weight is 387 g/mol. The molecule has 0 radical (unpaired) electrons. The number of halogens is 1. The first-order valence-electron chi connectivity index (χ1n) is 6.36. The molecule has 4 heteroatoms. The van der Waals surface area contributed by atoms with E-state index in [0.717, 1.165) is 18.7 Å². The molecule has 0 aliphatic heterocycles. The van der Waals surface area contributed by atoms with Gasteiger partial charge in [0.05, 0.1) is 16.0 Å². The summed E-state index contributed by atoms with van der Waals surface area (Å²) in [4.78, 5) is 0. The molecule has 0 amide bonds. The van der Waals surface area contributed by atoms with Crippen LogP contribution in [0.15, 0.2) is 35.7 Å². The largest absolute Gasteiger partial charge is 0.497 e. The lowest BCUT2D eigenvalue weighted by Crippen LogP contribution is -2.22. The third-order valence-electron chi connectivity index (χ3n) is 2.95. The molecule has 102 valence electrons. The van der Waals surface area contributed by atoms with E-state index in [9.17, 15) is 0 Å². The van der Waals surface area contributed by atoms with Gasteiger partial charge in [0.15, 0.2) is 0 Å². The molecule has 0 saturated heterocycles. The number of rotatable bonds is 6. The maximum Gasteiger partial charge on any atom is 0.119 e. The fourth-order valence-corrected chi connectivity index (χ4v) is 3.41. The van der Waals surface area contributed by atoms with Crippen LogP contribution in [0.1, 0.15) is 30.5 Å². The van der Waals surface area contributed by atoms with Crippen LogP contribution < -0.4 is 10.1 Å². The maximum atomic E-state index is 5.32. The lowest BCUT2D eigenvalue weighted by Gasteiger charge is -2.18. The number of thiophene rings is 1. The van der Waals surface area contributed by atoms with Crippen molar-refractivity contribution in [1.82, 2.24) is 5.32 Å². The Hall–Kier alpha value is -0.590. The van der Waals surface area contributed by atoms with Crippen LogP contribution >= 0.6 is 33.9 Å². The van der Waals surface area contributed by atoms with Crippen molar-refractivity contribution in [1.29, 1.82) is 0 Å². The van der Waals surface area contributed by atoms with Gasteiger partial charge in [-0.05, 0) is 70.3 Å². The standard InChI is InChI=1S/C15H18INOS/c1-3-7-17-15(12-9-14(16)19-10-12)11-5-4-6-13(8-11)18-2/h4-6,8-10,15,17H,3,7H2,1-2H3. The zero-order valence-corrected chi connectivity index (χ0v) is 14.1. The van der Waals surface area contributed by atoms with Gasteiger partial charge >= 0.3 is 0 Å². The van der Waals surface area contributed by atoms with Crippen molar-refractivity contribution in [2.24, 2.45) is 0 Å². The van der Waals surface area contributed by atoms with Crippen molar-refractivity contribution in [3.05, 3.63) is 49.7 Å². The second kappa shape index (κ2) is 7.26. The Kier molecular flexibility index (Phi) is 5.66. The first-order valence-corrected chi connectivity index (χ1v) is 8.31. The van der Waals surface area contributed by atoms with Gasteiger partial charge in [-0.3, -0.25) is 0 Å². The zero-order valence-electron chi connectivity index (χ0n) is 11.2. The second-order valence-corrected chi connectivity index (χ2v) is 7.15. The van der Waals surface area contributed by atoms with Crippen LogP contribution in [0.3, 0.4) is 0 Å². The molecule has 0 saturated carbocycles. The average Bonchev–Trinajstić information content (AvgIpc) is 2.86. The summed E-state index contributed by atoms with van der Waals surface area (Å²) in [5, 5.41) is 5.85. The monoisotopic (exact) mass is 387 g/mol. The molecule has 1 aromatic carbocycles. The number of benzene rings is 1. The van der Waals surface area contributed by atoms with Crippen LogP contribution in [-0.2, 0) is 0 Å². The molecule has 2 rings (SSSR count). The Morgan fingerprint density at radius 2 is 2.16 bits per heavy atom. The van der Waals surface area contributed by atoms with Crippen LogP contribution in [-0.4, -0.2) is 13.7 Å². The van der Waals surface area contributed by atoms with E-state index >= 15 is 0 Å². The SMILES string of the molecule is CCCNC(c1cccc(OC)c1)c1csc(I)c1. The van der Waals surface area contributed by atoms with Gasteiger partial charge in [-0.15, -0.1) is 11.3 Å². The van der Waals surface area contributed by atoms with E-state index in [1.165, 1.54) is 14.0 Å². The van der Waals surface area contributed by atoms with Crippen molar-refractivity contribution < 1.29 is 4.74 Å². The predicted molar refractivity (Wildman–Crippen MR) is 90.2 cm³/mol. The molecule has 1 heterocycles. The molecule has 1 unspecified atom stereocenters. The quantitative estimate of drug-likeness (QED) is 0.740. The zero-order chi connectivity index (χ0) is 13.7. The van der Waals surface area contributed by atoms with Gasteiger partial charge in [0.2, 0.25) is 0 Å². The summed E-state index contributed by atoms with van der Waals surface area (Å²) >= 11 is 4.16. The second-order valence-electron chi connectivity index (χ2n) is 4.35. The van der Waals surface area contributed by atoms with Gasteiger partial charge in [0.25, 0.3) is 0 Å². The molecular formula is C15H18INOS. The van der Waals surface area contributed by atoms with Gasteiger partial charge in [-0.2, -0.15) is 0 Å². The predicted octanol–water partition coefficient (Wildman–Crippen LogP) is 4.45. The van der Waals surface area contributed by atoms with Crippen LogP contribution in [0.4, 0.5) is 0 Å². The number of nitrogens with one attached hydrogen (secondary N) is 1. The van der Waals surface area contributed by atoms with E-state index in [4.69, 9.17) is 4.74 Å². The van der Waals surface area contributed by atoms with Crippen molar-refractivity contribution >= 4 is 33.9 Å². The highest BCUT2D eigenvalue weighted by Gasteiger charge is 2.15. The Labute approximate surface area is 132 Å². The molecule has 1 atom stereocenters. The molecule has 1 N–H and O–H groups in total. The minimum absolute atomic E-state index is 0.245. The van der Waals surface area contributed by atoms with Crippen LogP contribution in [0, 0.1) is 2.88 Å². The van der Waals surface area contributed by atoms with Gasteiger partial charge in [0.1, 0.15) is 5.75 Å². The summed E-state index contributed by atoms with van der Waals surface area (Å²) in [6.45, 7) is 3.20. The first-order chi connectivity index (χ1) is 9.24. The van der Waals surface area contributed by atoms with Gasteiger partial charge in [-0.1, -0.05) is 19.1 Å². The highest BCUT2D eigenvalue weighted by Crippen LogP contribution is 2.29. The molecule has 0 aliphatic rings. The number of hydrogen-bond acceptors (Lipinski definition) is 3. The van der Waals surface area contributed by atoms with Crippen molar-refractivity contribution in [3.63, 3.8) is 0 Å². The number of hydrogen-bond donors (Lipinski definition) is 1. The Morgan fingerprint density at radius 1 is 1.32 bits per heavy atom. The van der Waals surface area contributed by atoms with Crippen molar-refractivity contribution in [3.8, 4) is 5.75 Å². The van der Waals surface area contributed by atoms with Crippen LogP contribution in [0.25, 0.3) is 0 Å². The summed E-state index contributed by atoms with van der Waals surface area (Å²) in [6, 6.07) is 10.8. The van der Waals surface area contributed by atoms with Crippen LogP contribution in [0.2, 0.25) is 0 Å². The molecular weight excluding hydrogens is 369 g/mol. The molecule has 0 bridgehead atoms. The minimum Gasteiger partial charge on any atom is -0.497 e. The summed E-state index contributed by atoms with van der Waals surface area (Å²) in [7, 11) is 1.71. The molecule has 19 heavy (non-hydrogen) atoms. The Balaban J connectivity index is 2.30. The van der Waals surface area contributed by atoms with Gasteiger partial charge in [0, 0.05) is 0 Å². The molecule has 1 aromatic heterocycles. The summed E-state index contributed by atoms with van der Waals surface area (Å²) in [5.41, 5.74) is 2.58. The molecule has 2 nitrogen and oxygen atoms in total. The van der Waals surface area contributed by atoms with Crippen LogP contribution in [0.5, 0.6) is 5.75 Å². The molecule has 2 aromatic rings. The fraction of sp³-hybridized carbons (Fsp3) is 0.333. The van der Waals surface area contributed by atoms with E-state index in [2.05, 4.69) is 58.4 Å². The fourth-order valence-electron chi connectivity index (χ4n) is 2.01. The topological polar surface area (TPSA) is 21.3 Å². The number of methoxy groups -OCH3 is 1. The van der Waals surface area contributed by atoms with Crippen molar-refractivity contribution in [2.45, 2.75) is 19.4 Å². The lowest BCUT2D eigenvalue weighted by atomic mass is 10.0. The first kappa shape index (κ1) is 14.8. The normalized spacial score (nSPS) is 12.4. The lowest BCUT2D eigenvalue weighted by molar-refractivity contribution is 0.413. The Morgan fingerprint density at radius 3 is 2.79 bits per heavy atom. The van der Waals surface area contributed by atoms with Gasteiger partial charge < -0.3 is 10.1 Å². The highest BCUT2D eigenvalue weighted by atomic mass is 127. The van der Waals surface area contributed by atoms with E-state index in [1.807, 2.05) is 12.1 Å². The smallest absolute Gasteiger partial charge is 0.119 e. The van der Waals surface area contributed by atoms with E-state index in [1.54, 1.807) is 18.4 Å². The molecule has 0 aliphatic carbocycles. The van der Waals surface area contributed by atoms with Crippen molar-refractivity contribution in [2.75, 3.05) is 13.7 Å². The van der Waals surface area contributed by atoms with E-state index in [-0.39, 0.29) is 6.04 Å². The minimum atomic E-state index is 0.245. The summed E-state index contributed by atoms with van der Waals surface area (Å²) in [6.07, 6.45) is 1.13. The van der Waals surface area contributed by atoms with E-state index < -0.39 is 0 Å². The third-order valence-corrected chi connectivity index (χ3v) is 4.75. The highest BCUT2D eigenvalue weighted by molar-refractivity contribution is 14.1. The third kappa shape index (κ3) is 3.94. The summed E-state index contributed by atoms with van der Waals surface area (Å²) in [5.74, 6) is 0.908. The molecule has 0 fully saturated rings. The number of ether oxygens (including phenoxy) is 1. The summed E-state index contributed by atoms with van der Waals surface area (Å²) < 4.78 is 6.64. The van der Waals surface area contributed by atoms with E-state index in [0.29, 0.717) is 0 Å². The maximum absolute atomic E-state index is 5.32. The molecule has 0 spiro atoms. The van der Waals surface area contributed by atoms with Gasteiger partial charge in [-0.25, -0.2) is 0 Å². The Bertz CT molecular complexity index is 526.